The minimum Gasteiger partial charge on any atom is -0.469 e. The van der Waals surface area contributed by atoms with E-state index in [1.54, 1.807) is 6.20 Å². The minimum atomic E-state index is -0.332. The number of esters is 1. The van der Waals surface area contributed by atoms with Crippen molar-refractivity contribution in [2.45, 2.75) is 31.6 Å². The Bertz CT molecular complexity index is 405. The van der Waals surface area contributed by atoms with E-state index in [4.69, 9.17) is 11.6 Å². The van der Waals surface area contributed by atoms with Crippen LogP contribution in [0.2, 0.25) is 5.15 Å². The Hall–Kier alpha value is -1.16. The number of hydrogen-bond donors (Lipinski definition) is 0. The first kappa shape index (κ1) is 11.3. The molecule has 0 bridgehead atoms. The number of carbonyl (C=O) groups is 1. The van der Waals surface area contributed by atoms with Crippen LogP contribution in [0.3, 0.4) is 0 Å². The third-order valence-electron chi connectivity index (χ3n) is 2.86. The summed E-state index contributed by atoms with van der Waals surface area (Å²) in [5, 5.41) is 0.363. The van der Waals surface area contributed by atoms with Gasteiger partial charge in [-0.3, -0.25) is 4.79 Å². The van der Waals surface area contributed by atoms with Gasteiger partial charge in [0.1, 0.15) is 11.0 Å². The van der Waals surface area contributed by atoms with Crippen LogP contribution in [0.25, 0.3) is 0 Å². The molecule has 1 heterocycles. The van der Waals surface area contributed by atoms with Crippen LogP contribution in [0.15, 0.2) is 6.20 Å². The molecule has 1 saturated carbocycles. The lowest BCUT2D eigenvalue weighted by molar-refractivity contribution is -0.139. The quantitative estimate of drug-likeness (QED) is 0.600. The molecule has 1 fully saturated rings. The van der Waals surface area contributed by atoms with Gasteiger partial charge in [-0.25, -0.2) is 9.97 Å². The Balaban J connectivity index is 2.12. The van der Waals surface area contributed by atoms with Crippen LogP contribution in [0.1, 0.15) is 36.6 Å². The van der Waals surface area contributed by atoms with E-state index in [2.05, 4.69) is 14.7 Å². The van der Waals surface area contributed by atoms with Crippen molar-refractivity contribution in [2.75, 3.05) is 7.11 Å². The van der Waals surface area contributed by atoms with Gasteiger partial charge in [-0.1, -0.05) is 18.0 Å². The van der Waals surface area contributed by atoms with E-state index in [-0.39, 0.29) is 12.4 Å². The molecular formula is C11H13ClN2O2. The monoisotopic (exact) mass is 240 g/mol. The first-order valence-corrected chi connectivity index (χ1v) is 5.66. The molecule has 16 heavy (non-hydrogen) atoms. The lowest BCUT2D eigenvalue weighted by Crippen LogP contribution is -2.14. The van der Waals surface area contributed by atoms with E-state index in [1.165, 1.54) is 13.5 Å². The van der Waals surface area contributed by atoms with E-state index < -0.39 is 0 Å². The first-order valence-electron chi connectivity index (χ1n) is 5.29. The van der Waals surface area contributed by atoms with Gasteiger partial charge in [0.05, 0.1) is 13.5 Å². The fourth-order valence-corrected chi connectivity index (χ4v) is 1.81. The van der Waals surface area contributed by atoms with E-state index in [1.807, 2.05) is 0 Å². The van der Waals surface area contributed by atoms with Gasteiger partial charge in [-0.05, 0) is 12.8 Å². The summed E-state index contributed by atoms with van der Waals surface area (Å²) in [6.45, 7) is 0. The Morgan fingerprint density at radius 2 is 2.38 bits per heavy atom. The SMILES string of the molecule is COC(=O)Cc1cnc(C2CCC2)nc1Cl. The molecule has 0 radical (unpaired) electrons. The van der Waals surface area contributed by atoms with Gasteiger partial charge in [-0.2, -0.15) is 0 Å². The molecule has 4 nitrogen and oxygen atoms in total. The third-order valence-corrected chi connectivity index (χ3v) is 3.19. The number of rotatable bonds is 3. The Morgan fingerprint density at radius 1 is 1.62 bits per heavy atom. The molecule has 1 aliphatic rings. The summed E-state index contributed by atoms with van der Waals surface area (Å²) >= 11 is 6.00. The number of nitrogens with zero attached hydrogens (tertiary/aromatic N) is 2. The van der Waals surface area contributed by atoms with Crippen molar-refractivity contribution < 1.29 is 9.53 Å². The number of methoxy groups -OCH3 is 1. The maximum absolute atomic E-state index is 11.1. The Labute approximate surface area is 99.0 Å². The highest BCUT2D eigenvalue weighted by Gasteiger charge is 2.23. The second-order valence-electron chi connectivity index (χ2n) is 3.92. The topological polar surface area (TPSA) is 52.1 Å². The second-order valence-corrected chi connectivity index (χ2v) is 4.28. The maximum atomic E-state index is 11.1. The predicted molar refractivity (Wildman–Crippen MR) is 59.4 cm³/mol. The van der Waals surface area contributed by atoms with E-state index in [9.17, 15) is 4.79 Å². The average Bonchev–Trinajstić information content (AvgIpc) is 2.19. The maximum Gasteiger partial charge on any atom is 0.310 e. The highest BCUT2D eigenvalue weighted by Crippen LogP contribution is 2.34. The van der Waals surface area contributed by atoms with E-state index in [0.29, 0.717) is 16.6 Å². The van der Waals surface area contributed by atoms with Crippen molar-refractivity contribution in [3.8, 4) is 0 Å². The van der Waals surface area contributed by atoms with Crippen molar-refractivity contribution in [3.63, 3.8) is 0 Å². The molecule has 2 rings (SSSR count). The highest BCUT2D eigenvalue weighted by molar-refractivity contribution is 6.30. The van der Waals surface area contributed by atoms with E-state index in [0.717, 1.165) is 18.7 Å². The summed E-state index contributed by atoms with van der Waals surface area (Å²) in [6, 6.07) is 0. The van der Waals surface area contributed by atoms with Crippen LogP contribution in [0, 0.1) is 0 Å². The highest BCUT2D eigenvalue weighted by atomic mass is 35.5. The van der Waals surface area contributed by atoms with Crippen LogP contribution < -0.4 is 0 Å². The molecule has 0 atom stereocenters. The van der Waals surface area contributed by atoms with Crippen molar-refractivity contribution in [2.24, 2.45) is 0 Å². The van der Waals surface area contributed by atoms with Crippen molar-refractivity contribution >= 4 is 17.6 Å². The largest absolute Gasteiger partial charge is 0.469 e. The zero-order valence-electron chi connectivity index (χ0n) is 9.07. The van der Waals surface area contributed by atoms with Gasteiger partial charge < -0.3 is 4.74 Å². The van der Waals surface area contributed by atoms with Crippen LogP contribution in [0.4, 0.5) is 0 Å². The van der Waals surface area contributed by atoms with Gasteiger partial charge >= 0.3 is 5.97 Å². The van der Waals surface area contributed by atoms with Crippen LogP contribution in [0.5, 0.6) is 0 Å². The third kappa shape index (κ3) is 2.32. The summed E-state index contributed by atoms with van der Waals surface area (Å²) in [6.07, 6.45) is 5.25. The fourth-order valence-electron chi connectivity index (χ4n) is 1.61. The molecule has 1 aromatic rings. The summed E-state index contributed by atoms with van der Waals surface area (Å²) in [7, 11) is 1.35. The number of hydrogen-bond acceptors (Lipinski definition) is 4. The van der Waals surface area contributed by atoms with Crippen molar-refractivity contribution in [1.82, 2.24) is 9.97 Å². The van der Waals surface area contributed by atoms with E-state index >= 15 is 0 Å². The summed E-state index contributed by atoms with van der Waals surface area (Å²) in [5.74, 6) is 0.913. The van der Waals surface area contributed by atoms with Crippen LogP contribution >= 0.6 is 11.6 Å². The summed E-state index contributed by atoms with van der Waals surface area (Å²) in [5.41, 5.74) is 0.622. The molecule has 0 unspecified atom stereocenters. The molecule has 1 aliphatic carbocycles. The van der Waals surface area contributed by atoms with Crippen LogP contribution in [-0.2, 0) is 16.0 Å². The molecule has 0 aromatic carbocycles. The molecule has 1 aromatic heterocycles. The molecule has 0 saturated heterocycles. The number of ether oxygens (including phenoxy) is 1. The Morgan fingerprint density at radius 3 is 2.88 bits per heavy atom. The summed E-state index contributed by atoms with van der Waals surface area (Å²) in [4.78, 5) is 19.6. The van der Waals surface area contributed by atoms with Gasteiger partial charge in [0.2, 0.25) is 0 Å². The average molecular weight is 241 g/mol. The zero-order chi connectivity index (χ0) is 11.5. The molecule has 86 valence electrons. The molecule has 0 spiro atoms. The second kappa shape index (κ2) is 4.78. The van der Waals surface area contributed by atoms with Gasteiger partial charge in [-0.15, -0.1) is 0 Å². The number of halogens is 1. The normalized spacial score (nSPS) is 15.6. The van der Waals surface area contributed by atoms with Gasteiger partial charge in [0.25, 0.3) is 0 Å². The predicted octanol–water partition coefficient (Wildman–Crippen LogP) is 2.11. The fraction of sp³-hybridized carbons (Fsp3) is 0.545. The zero-order valence-corrected chi connectivity index (χ0v) is 9.83. The number of carbonyl (C=O) groups excluding carboxylic acids is 1. The molecule has 0 N–H and O–H groups in total. The Kier molecular flexibility index (Phi) is 3.39. The minimum absolute atomic E-state index is 0.125. The van der Waals surface area contributed by atoms with Gasteiger partial charge in [0, 0.05) is 17.7 Å². The first-order chi connectivity index (χ1) is 7.70. The van der Waals surface area contributed by atoms with Crippen molar-refractivity contribution in [3.05, 3.63) is 22.7 Å². The number of aromatic nitrogens is 2. The molecular weight excluding hydrogens is 228 g/mol. The van der Waals surface area contributed by atoms with Gasteiger partial charge in [0.15, 0.2) is 0 Å². The lowest BCUT2D eigenvalue weighted by Gasteiger charge is -2.23. The molecule has 0 amide bonds. The molecule has 0 aliphatic heterocycles. The lowest BCUT2D eigenvalue weighted by atomic mass is 9.85. The molecule has 5 heteroatoms. The summed E-state index contributed by atoms with van der Waals surface area (Å²) < 4.78 is 4.57. The van der Waals surface area contributed by atoms with Crippen molar-refractivity contribution in [1.29, 1.82) is 0 Å². The van der Waals surface area contributed by atoms with Crippen LogP contribution in [-0.4, -0.2) is 23.0 Å². The standard InChI is InChI=1S/C11H13ClN2O2/c1-16-9(15)5-8-6-13-11(14-10(8)12)7-3-2-4-7/h6-7H,2-5H2,1H3. The smallest absolute Gasteiger partial charge is 0.310 e.